The number of benzene rings is 1. The van der Waals surface area contributed by atoms with Gasteiger partial charge in [0.1, 0.15) is 0 Å². The molecule has 0 radical (unpaired) electrons. The van der Waals surface area contributed by atoms with Crippen LogP contribution in [0.1, 0.15) is 30.1 Å². The minimum absolute atomic E-state index is 0. The molecule has 7 nitrogen and oxygen atoms in total. The molecule has 0 aliphatic carbocycles. The highest BCUT2D eigenvalue weighted by atomic mass is 35.5. The maximum absolute atomic E-state index is 12.8. The number of hydrogen-bond donors (Lipinski definition) is 1. The highest BCUT2D eigenvalue weighted by molar-refractivity contribution is 7.89. The minimum Gasteiger partial charge on any atom is -0.378 e. The van der Waals surface area contributed by atoms with E-state index in [1.807, 2.05) is 6.92 Å². The van der Waals surface area contributed by atoms with Crippen molar-refractivity contribution in [1.29, 1.82) is 0 Å². The van der Waals surface area contributed by atoms with Gasteiger partial charge in [0, 0.05) is 37.8 Å². The summed E-state index contributed by atoms with van der Waals surface area (Å²) in [5.41, 5.74) is 6.43. The van der Waals surface area contributed by atoms with Gasteiger partial charge in [-0.05, 0) is 49.9 Å². The van der Waals surface area contributed by atoms with Crippen LogP contribution in [0.2, 0.25) is 0 Å². The van der Waals surface area contributed by atoms with Gasteiger partial charge < -0.3 is 15.4 Å². The van der Waals surface area contributed by atoms with Gasteiger partial charge in [0.05, 0.1) is 18.1 Å². The molecular formula is C18H28ClN3O4S. The van der Waals surface area contributed by atoms with Gasteiger partial charge in [0.15, 0.2) is 0 Å². The Labute approximate surface area is 167 Å². The number of nitrogens with zero attached hydrogens (tertiary/aromatic N) is 2. The molecule has 2 fully saturated rings. The molecule has 1 unspecified atom stereocenters. The van der Waals surface area contributed by atoms with Crippen molar-refractivity contribution in [2.45, 2.75) is 30.7 Å². The molecule has 9 heteroatoms. The first-order chi connectivity index (χ1) is 12.4. The first-order valence-corrected chi connectivity index (χ1v) is 10.6. The topological polar surface area (TPSA) is 92.9 Å². The third kappa shape index (κ3) is 5.00. The normalized spacial score (nSPS) is 20.7. The number of ether oxygens (including phenoxy) is 1. The fourth-order valence-corrected chi connectivity index (χ4v) is 4.98. The summed E-state index contributed by atoms with van der Waals surface area (Å²) in [6.07, 6.45) is 1.56. The Morgan fingerprint density at radius 1 is 1.11 bits per heavy atom. The Kier molecular flexibility index (Phi) is 7.64. The second-order valence-corrected chi connectivity index (χ2v) is 8.97. The largest absolute Gasteiger partial charge is 0.378 e. The van der Waals surface area contributed by atoms with Crippen LogP contribution < -0.4 is 5.73 Å². The van der Waals surface area contributed by atoms with E-state index in [1.165, 1.54) is 16.4 Å². The molecule has 2 N–H and O–H groups in total. The minimum atomic E-state index is -3.53. The molecule has 27 heavy (non-hydrogen) atoms. The summed E-state index contributed by atoms with van der Waals surface area (Å²) in [7, 11) is -3.53. The number of rotatable bonds is 4. The zero-order valence-corrected chi connectivity index (χ0v) is 17.2. The molecule has 0 bridgehead atoms. The number of halogens is 1. The van der Waals surface area contributed by atoms with E-state index in [4.69, 9.17) is 10.5 Å². The number of piperidine rings is 1. The molecule has 0 aromatic heterocycles. The average Bonchev–Trinajstić information content (AvgIpc) is 2.68. The Morgan fingerprint density at radius 2 is 1.67 bits per heavy atom. The van der Waals surface area contributed by atoms with Crippen molar-refractivity contribution < 1.29 is 17.9 Å². The Bertz CT molecular complexity index is 725. The number of sulfonamides is 1. The Hall–Kier alpha value is -1.19. The van der Waals surface area contributed by atoms with Crippen LogP contribution in [-0.2, 0) is 14.8 Å². The van der Waals surface area contributed by atoms with Gasteiger partial charge >= 0.3 is 0 Å². The lowest BCUT2D eigenvalue weighted by atomic mass is 9.92. The van der Waals surface area contributed by atoms with Crippen LogP contribution in [0, 0.1) is 5.92 Å². The van der Waals surface area contributed by atoms with Gasteiger partial charge in [-0.25, -0.2) is 8.42 Å². The zero-order valence-electron chi connectivity index (χ0n) is 15.5. The lowest BCUT2D eigenvalue weighted by molar-refractivity contribution is 0.0303. The molecular weight excluding hydrogens is 390 g/mol. The van der Waals surface area contributed by atoms with Crippen LogP contribution in [0.25, 0.3) is 0 Å². The lowest BCUT2D eigenvalue weighted by Crippen LogP contribution is -2.42. The molecule has 1 atom stereocenters. The molecule has 3 rings (SSSR count). The zero-order chi connectivity index (χ0) is 18.7. The van der Waals surface area contributed by atoms with E-state index in [2.05, 4.69) is 0 Å². The van der Waals surface area contributed by atoms with Crippen molar-refractivity contribution in [1.82, 2.24) is 9.21 Å². The van der Waals surface area contributed by atoms with Gasteiger partial charge in [0.25, 0.3) is 5.91 Å². The van der Waals surface area contributed by atoms with Crippen LogP contribution >= 0.6 is 12.4 Å². The average molecular weight is 418 g/mol. The molecule has 2 aliphatic rings. The van der Waals surface area contributed by atoms with E-state index < -0.39 is 10.0 Å². The quantitative estimate of drug-likeness (QED) is 0.797. The Morgan fingerprint density at radius 3 is 2.19 bits per heavy atom. The van der Waals surface area contributed by atoms with Crippen molar-refractivity contribution >= 4 is 28.3 Å². The van der Waals surface area contributed by atoms with E-state index in [9.17, 15) is 13.2 Å². The highest BCUT2D eigenvalue weighted by Crippen LogP contribution is 2.25. The molecule has 2 saturated heterocycles. The first-order valence-electron chi connectivity index (χ1n) is 9.12. The van der Waals surface area contributed by atoms with E-state index in [-0.39, 0.29) is 29.3 Å². The van der Waals surface area contributed by atoms with Crippen LogP contribution in [0.3, 0.4) is 0 Å². The Balaban J connectivity index is 0.00000261. The van der Waals surface area contributed by atoms with Crippen molar-refractivity contribution in [3.8, 4) is 0 Å². The summed E-state index contributed by atoms with van der Waals surface area (Å²) in [5.74, 6) is 0.282. The van der Waals surface area contributed by atoms with Gasteiger partial charge in [-0.15, -0.1) is 12.4 Å². The molecule has 2 heterocycles. The van der Waals surface area contributed by atoms with Crippen molar-refractivity contribution in [2.24, 2.45) is 11.7 Å². The predicted molar refractivity (Wildman–Crippen MR) is 106 cm³/mol. The summed E-state index contributed by atoms with van der Waals surface area (Å²) in [6, 6.07) is 6.34. The monoisotopic (exact) mass is 417 g/mol. The molecule has 2 aliphatic heterocycles. The van der Waals surface area contributed by atoms with Crippen LogP contribution in [0.5, 0.6) is 0 Å². The molecule has 0 saturated carbocycles. The van der Waals surface area contributed by atoms with E-state index in [1.54, 1.807) is 17.0 Å². The van der Waals surface area contributed by atoms with Crippen LogP contribution in [-0.4, -0.2) is 69.0 Å². The first kappa shape index (κ1) is 22.1. The summed E-state index contributed by atoms with van der Waals surface area (Å²) in [5, 5.41) is 0. The molecule has 1 aromatic rings. The third-order valence-electron chi connectivity index (χ3n) is 5.28. The second kappa shape index (κ2) is 9.34. The molecule has 0 spiro atoms. The van der Waals surface area contributed by atoms with E-state index in [0.29, 0.717) is 50.9 Å². The summed E-state index contributed by atoms with van der Waals surface area (Å²) in [6.45, 7) is 5.15. The fourth-order valence-electron chi connectivity index (χ4n) is 3.51. The smallest absolute Gasteiger partial charge is 0.254 e. The lowest BCUT2D eigenvalue weighted by Gasteiger charge is -2.33. The van der Waals surface area contributed by atoms with E-state index >= 15 is 0 Å². The van der Waals surface area contributed by atoms with Crippen LogP contribution in [0.4, 0.5) is 0 Å². The van der Waals surface area contributed by atoms with Crippen molar-refractivity contribution in [2.75, 3.05) is 39.4 Å². The number of morpholine rings is 1. The molecule has 1 aromatic carbocycles. The number of amides is 1. The van der Waals surface area contributed by atoms with Crippen LogP contribution in [0.15, 0.2) is 29.2 Å². The van der Waals surface area contributed by atoms with E-state index in [0.717, 1.165) is 12.8 Å². The maximum atomic E-state index is 12.8. The summed E-state index contributed by atoms with van der Waals surface area (Å²) < 4.78 is 32.4. The van der Waals surface area contributed by atoms with Gasteiger partial charge in [-0.3, -0.25) is 4.79 Å². The SMILES string of the molecule is CC(N)C1CCN(S(=O)(=O)c2ccc(C(=O)N3CCOCC3)cc2)CC1.Cl. The summed E-state index contributed by atoms with van der Waals surface area (Å²) >= 11 is 0. The third-order valence-corrected chi connectivity index (χ3v) is 7.19. The fraction of sp³-hybridized carbons (Fsp3) is 0.611. The number of carbonyl (C=O) groups is 1. The molecule has 152 valence electrons. The number of nitrogens with two attached hydrogens (primary N) is 1. The standard InChI is InChI=1S/C18H27N3O4S.ClH/c1-14(19)15-6-8-21(9-7-15)26(23,24)17-4-2-16(3-5-17)18(22)20-10-12-25-13-11-20;/h2-5,14-15H,6-13,19H2,1H3;1H. The van der Waals surface area contributed by atoms with Gasteiger partial charge in [0.2, 0.25) is 10.0 Å². The summed E-state index contributed by atoms with van der Waals surface area (Å²) in [4.78, 5) is 14.4. The van der Waals surface area contributed by atoms with Crippen molar-refractivity contribution in [3.63, 3.8) is 0 Å². The number of carbonyl (C=O) groups excluding carboxylic acids is 1. The number of hydrogen-bond acceptors (Lipinski definition) is 5. The van der Waals surface area contributed by atoms with Gasteiger partial charge in [-0.2, -0.15) is 4.31 Å². The van der Waals surface area contributed by atoms with Gasteiger partial charge in [-0.1, -0.05) is 0 Å². The second-order valence-electron chi connectivity index (χ2n) is 7.03. The predicted octanol–water partition coefficient (Wildman–Crippen LogP) is 1.33. The maximum Gasteiger partial charge on any atom is 0.254 e. The highest BCUT2D eigenvalue weighted by Gasteiger charge is 2.30. The molecule has 1 amide bonds. The van der Waals surface area contributed by atoms with Crippen molar-refractivity contribution in [3.05, 3.63) is 29.8 Å².